The first-order valence-electron chi connectivity index (χ1n) is 11.4. The average Bonchev–Trinajstić information content (AvgIpc) is 2.76. The van der Waals surface area contributed by atoms with Gasteiger partial charge in [-0.25, -0.2) is 0 Å². The average molecular weight is 417 g/mol. The predicted octanol–water partition coefficient (Wildman–Crippen LogP) is 8.97. The van der Waals surface area contributed by atoms with Gasteiger partial charge < -0.3 is 0 Å². The Hall–Kier alpha value is -2.94. The van der Waals surface area contributed by atoms with Gasteiger partial charge in [-0.1, -0.05) is 78.5 Å². The van der Waals surface area contributed by atoms with Crippen LogP contribution in [0, 0.1) is 17.8 Å². The van der Waals surface area contributed by atoms with Gasteiger partial charge in [-0.15, -0.1) is 0 Å². The monoisotopic (exact) mass is 416 g/mol. The Bertz CT molecular complexity index is 833. The van der Waals surface area contributed by atoms with E-state index < -0.39 is 0 Å². The van der Waals surface area contributed by atoms with Crippen molar-refractivity contribution in [2.24, 2.45) is 28.0 Å². The summed E-state index contributed by atoms with van der Waals surface area (Å²) in [7, 11) is 0. The van der Waals surface area contributed by atoms with E-state index in [2.05, 4.69) is 51.2 Å². The molecule has 6 nitrogen and oxygen atoms in total. The van der Waals surface area contributed by atoms with E-state index in [0.717, 1.165) is 30.6 Å². The minimum Gasteiger partial charge on any atom is -0.0625 e. The number of benzene rings is 2. The van der Waals surface area contributed by atoms with Gasteiger partial charge in [0.15, 0.2) is 0 Å². The second-order valence-electron chi connectivity index (χ2n) is 9.04. The lowest BCUT2D eigenvalue weighted by Gasteiger charge is -2.33. The number of nitrogens with zero attached hydrogens (tertiary/aromatic N) is 6. The van der Waals surface area contributed by atoms with E-state index in [-0.39, 0.29) is 0 Å². The molecule has 162 valence electrons. The molecule has 0 N–H and O–H groups in total. The van der Waals surface area contributed by atoms with Crippen molar-refractivity contribution in [1.82, 2.24) is 0 Å². The van der Waals surface area contributed by atoms with Crippen LogP contribution in [0.15, 0.2) is 58.8 Å². The van der Waals surface area contributed by atoms with E-state index in [4.69, 9.17) is 11.1 Å². The second kappa shape index (κ2) is 12.0. The molecule has 3 rings (SSSR count). The molecule has 0 aromatic heterocycles. The van der Waals surface area contributed by atoms with E-state index in [1.807, 2.05) is 24.3 Å². The number of hydrogen-bond acceptors (Lipinski definition) is 2. The molecular weight excluding hydrogens is 384 g/mol. The van der Waals surface area contributed by atoms with Crippen LogP contribution in [0.4, 0.5) is 11.4 Å². The van der Waals surface area contributed by atoms with Crippen molar-refractivity contribution in [3.63, 3.8) is 0 Å². The van der Waals surface area contributed by atoms with Crippen molar-refractivity contribution in [2.45, 2.75) is 64.7 Å². The molecule has 2 aromatic rings. The molecule has 2 aromatic carbocycles. The Morgan fingerprint density at radius 3 is 1.52 bits per heavy atom. The third-order valence-corrected chi connectivity index (χ3v) is 6.49. The first kappa shape index (κ1) is 22.7. The summed E-state index contributed by atoms with van der Waals surface area (Å²) in [5.74, 6) is 2.52. The first-order valence-corrected chi connectivity index (χ1v) is 11.4. The first-order chi connectivity index (χ1) is 15.2. The van der Waals surface area contributed by atoms with Crippen molar-refractivity contribution in [1.29, 1.82) is 0 Å². The second-order valence-corrected chi connectivity index (χ2v) is 9.04. The zero-order valence-electron chi connectivity index (χ0n) is 18.4. The standard InChI is InChI=1S/C25H32N6/c1-19-16-22(6-2-4-20-8-12-24(13-9-20)28-30-26)18-23(17-19)7-3-5-21-10-14-25(15-11-21)29-31-27/h8-15,19,22-23H,2-7,16-18H2,1H3. The molecule has 0 bridgehead atoms. The van der Waals surface area contributed by atoms with Crippen LogP contribution < -0.4 is 0 Å². The summed E-state index contributed by atoms with van der Waals surface area (Å²) in [6, 6.07) is 15.9. The summed E-state index contributed by atoms with van der Waals surface area (Å²) in [5.41, 5.74) is 21.0. The predicted molar refractivity (Wildman–Crippen MR) is 126 cm³/mol. The van der Waals surface area contributed by atoms with Crippen LogP contribution in [0.5, 0.6) is 0 Å². The third-order valence-electron chi connectivity index (χ3n) is 6.49. The molecule has 6 heteroatoms. The van der Waals surface area contributed by atoms with Gasteiger partial charge in [-0.05, 0) is 84.9 Å². The van der Waals surface area contributed by atoms with Crippen LogP contribution in [-0.2, 0) is 12.8 Å². The summed E-state index contributed by atoms with van der Waals surface area (Å²) in [6.45, 7) is 2.42. The lowest BCUT2D eigenvalue weighted by molar-refractivity contribution is 0.185. The third kappa shape index (κ3) is 7.67. The van der Waals surface area contributed by atoms with E-state index >= 15 is 0 Å². The van der Waals surface area contributed by atoms with Crippen molar-refractivity contribution in [3.8, 4) is 0 Å². The maximum atomic E-state index is 8.50. The molecule has 1 aliphatic rings. The highest BCUT2D eigenvalue weighted by Gasteiger charge is 2.25. The molecule has 1 fully saturated rings. The fourth-order valence-electron chi connectivity index (χ4n) is 5.12. The Morgan fingerprint density at radius 2 is 1.13 bits per heavy atom. The zero-order valence-corrected chi connectivity index (χ0v) is 18.4. The smallest absolute Gasteiger partial charge is 0.0375 e. The summed E-state index contributed by atoms with van der Waals surface area (Å²) in [6.07, 6.45) is 11.4. The molecule has 0 amide bonds. The van der Waals surface area contributed by atoms with Crippen molar-refractivity contribution < 1.29 is 0 Å². The molecule has 2 unspecified atom stereocenters. The quantitative estimate of drug-likeness (QED) is 0.210. The van der Waals surface area contributed by atoms with Crippen LogP contribution in [0.2, 0.25) is 0 Å². The van der Waals surface area contributed by atoms with Gasteiger partial charge in [0, 0.05) is 21.2 Å². The molecule has 0 saturated heterocycles. The van der Waals surface area contributed by atoms with E-state index in [9.17, 15) is 0 Å². The maximum absolute atomic E-state index is 8.50. The highest BCUT2D eigenvalue weighted by molar-refractivity contribution is 5.39. The zero-order chi connectivity index (χ0) is 21.9. The van der Waals surface area contributed by atoms with Crippen LogP contribution in [-0.4, -0.2) is 0 Å². The maximum Gasteiger partial charge on any atom is 0.0375 e. The number of hydrogen-bond donors (Lipinski definition) is 0. The van der Waals surface area contributed by atoms with Gasteiger partial charge in [0.1, 0.15) is 0 Å². The Kier molecular flexibility index (Phi) is 8.84. The van der Waals surface area contributed by atoms with Gasteiger partial charge in [-0.3, -0.25) is 0 Å². The highest BCUT2D eigenvalue weighted by Crippen LogP contribution is 2.38. The van der Waals surface area contributed by atoms with Crippen molar-refractivity contribution in [2.75, 3.05) is 0 Å². The molecule has 0 heterocycles. The molecule has 1 aliphatic carbocycles. The molecule has 0 aliphatic heterocycles. The van der Waals surface area contributed by atoms with Gasteiger partial charge >= 0.3 is 0 Å². The fraction of sp³-hybridized carbons (Fsp3) is 0.520. The minimum absolute atomic E-state index is 0.682. The lowest BCUT2D eigenvalue weighted by atomic mass is 9.72. The van der Waals surface area contributed by atoms with Crippen molar-refractivity contribution in [3.05, 3.63) is 80.5 Å². The molecule has 0 radical (unpaired) electrons. The van der Waals surface area contributed by atoms with Crippen LogP contribution in [0.1, 0.15) is 63.0 Å². The lowest BCUT2D eigenvalue weighted by Crippen LogP contribution is -2.21. The summed E-state index contributed by atoms with van der Waals surface area (Å²) >= 11 is 0. The highest BCUT2D eigenvalue weighted by atomic mass is 15.1. The van der Waals surface area contributed by atoms with Crippen LogP contribution >= 0.6 is 0 Å². The molecule has 2 atom stereocenters. The topological polar surface area (TPSA) is 97.5 Å². The normalized spacial score (nSPS) is 20.5. The Labute approximate surface area is 184 Å². The van der Waals surface area contributed by atoms with Gasteiger partial charge in [-0.2, -0.15) is 0 Å². The number of azide groups is 2. The van der Waals surface area contributed by atoms with Gasteiger partial charge in [0.2, 0.25) is 0 Å². The SMILES string of the molecule is CC1CC(CCCc2ccc(N=[N+]=[N-])cc2)CC(CCCc2ccc(N=[N+]=[N-])cc2)C1. The van der Waals surface area contributed by atoms with E-state index in [1.54, 1.807) is 0 Å². The Morgan fingerprint density at radius 1 is 0.710 bits per heavy atom. The number of aryl methyl sites for hydroxylation is 2. The largest absolute Gasteiger partial charge is 0.0625 e. The van der Waals surface area contributed by atoms with Gasteiger partial charge in [0.25, 0.3) is 0 Å². The molecule has 1 saturated carbocycles. The minimum atomic E-state index is 0.682. The van der Waals surface area contributed by atoms with Gasteiger partial charge in [0.05, 0.1) is 0 Å². The van der Waals surface area contributed by atoms with E-state index in [1.165, 1.54) is 56.1 Å². The summed E-state index contributed by atoms with van der Waals surface area (Å²) in [5, 5.41) is 7.27. The Balaban J connectivity index is 1.39. The van der Waals surface area contributed by atoms with Crippen LogP contribution in [0.25, 0.3) is 20.9 Å². The molecular formula is C25H32N6. The van der Waals surface area contributed by atoms with E-state index in [0.29, 0.717) is 11.4 Å². The summed E-state index contributed by atoms with van der Waals surface area (Å²) < 4.78 is 0. The van der Waals surface area contributed by atoms with Crippen molar-refractivity contribution >= 4 is 11.4 Å². The van der Waals surface area contributed by atoms with Crippen LogP contribution in [0.3, 0.4) is 0 Å². The number of rotatable bonds is 10. The fourth-order valence-corrected chi connectivity index (χ4v) is 5.12. The molecule has 31 heavy (non-hydrogen) atoms. The summed E-state index contributed by atoms with van der Waals surface area (Å²) in [4.78, 5) is 5.66. The molecule has 0 spiro atoms.